The van der Waals surface area contributed by atoms with Crippen molar-refractivity contribution in [3.63, 3.8) is 0 Å². The van der Waals surface area contributed by atoms with Gasteiger partial charge in [-0.2, -0.15) is 0 Å². The predicted molar refractivity (Wildman–Crippen MR) is 81.3 cm³/mol. The van der Waals surface area contributed by atoms with Gasteiger partial charge in [-0.15, -0.1) is 0 Å². The average molecular weight is 255 g/mol. The zero-order valence-corrected chi connectivity index (χ0v) is 11.5. The summed E-state index contributed by atoms with van der Waals surface area (Å²) in [6.07, 6.45) is 6.38. The molecule has 1 fully saturated rings. The van der Waals surface area contributed by atoms with Crippen LogP contribution in [0.1, 0.15) is 5.56 Å². The van der Waals surface area contributed by atoms with Crippen LogP contribution in [0, 0.1) is 0 Å². The Bertz CT molecular complexity index is 479. The Labute approximate surface area is 115 Å². The van der Waals surface area contributed by atoms with E-state index in [2.05, 4.69) is 58.6 Å². The zero-order valence-electron chi connectivity index (χ0n) is 11.5. The van der Waals surface area contributed by atoms with E-state index in [0.717, 1.165) is 32.7 Å². The van der Waals surface area contributed by atoms with Crippen molar-refractivity contribution >= 4 is 11.8 Å². The topological polar surface area (TPSA) is 18.5 Å². The minimum atomic E-state index is 0.945. The van der Waals surface area contributed by atoms with Crippen LogP contribution in [0.25, 0.3) is 6.08 Å². The summed E-state index contributed by atoms with van der Waals surface area (Å²) in [6.45, 7) is 5.51. The number of hydrogen-bond acceptors (Lipinski definition) is 3. The van der Waals surface area contributed by atoms with Crippen molar-refractivity contribution in [2.24, 2.45) is 0 Å². The summed E-state index contributed by atoms with van der Waals surface area (Å²) in [5.74, 6) is 0. The second kappa shape index (κ2) is 5.49. The van der Waals surface area contributed by atoms with Crippen LogP contribution in [0.15, 0.2) is 42.1 Å². The molecule has 3 nitrogen and oxygen atoms in total. The molecular weight excluding hydrogens is 234 g/mol. The van der Waals surface area contributed by atoms with Crippen LogP contribution in [0.3, 0.4) is 0 Å². The first-order chi connectivity index (χ1) is 9.31. The minimum absolute atomic E-state index is 0.945. The van der Waals surface area contributed by atoms with Gasteiger partial charge < -0.3 is 15.1 Å². The van der Waals surface area contributed by atoms with E-state index in [1.165, 1.54) is 16.8 Å². The maximum absolute atomic E-state index is 3.20. The van der Waals surface area contributed by atoms with E-state index in [0.29, 0.717) is 0 Å². The highest BCUT2D eigenvalue weighted by Crippen LogP contribution is 2.18. The minimum Gasteiger partial charge on any atom is -0.387 e. The van der Waals surface area contributed by atoms with Crippen molar-refractivity contribution in [3.8, 4) is 0 Å². The van der Waals surface area contributed by atoms with Crippen LogP contribution >= 0.6 is 0 Å². The SMILES string of the molecule is CN1CCN(c2ccc(/C=C3/C=CNC3)cc2)CC1. The molecule has 0 aromatic heterocycles. The predicted octanol–water partition coefficient (Wildman–Crippen LogP) is 1.94. The third kappa shape index (κ3) is 2.99. The lowest BCUT2D eigenvalue weighted by atomic mass is 10.1. The van der Waals surface area contributed by atoms with Gasteiger partial charge in [0.05, 0.1) is 0 Å². The summed E-state index contributed by atoms with van der Waals surface area (Å²) >= 11 is 0. The smallest absolute Gasteiger partial charge is 0.0396 e. The van der Waals surface area contributed by atoms with Crippen LogP contribution in [0.2, 0.25) is 0 Å². The van der Waals surface area contributed by atoms with E-state index in [1.54, 1.807) is 0 Å². The fourth-order valence-electron chi connectivity index (χ4n) is 2.56. The fourth-order valence-corrected chi connectivity index (χ4v) is 2.56. The fraction of sp³-hybridized carbons (Fsp3) is 0.375. The highest BCUT2D eigenvalue weighted by Gasteiger charge is 2.13. The lowest BCUT2D eigenvalue weighted by Gasteiger charge is -2.34. The molecule has 1 aromatic rings. The number of anilines is 1. The molecule has 3 rings (SSSR count). The molecule has 2 heterocycles. The largest absolute Gasteiger partial charge is 0.387 e. The number of nitrogens with one attached hydrogen (secondary N) is 1. The lowest BCUT2D eigenvalue weighted by molar-refractivity contribution is 0.313. The standard InChI is InChI=1S/C16H21N3/c1-18-8-10-19(11-9-18)16-4-2-14(3-5-16)12-15-6-7-17-13-15/h2-7,12,17H,8-11,13H2,1H3/b15-12-. The maximum Gasteiger partial charge on any atom is 0.0396 e. The number of nitrogens with zero attached hydrogens (tertiary/aromatic N) is 2. The molecule has 0 spiro atoms. The summed E-state index contributed by atoms with van der Waals surface area (Å²) in [4.78, 5) is 4.85. The number of piperazine rings is 1. The van der Waals surface area contributed by atoms with Gasteiger partial charge >= 0.3 is 0 Å². The van der Waals surface area contributed by atoms with Crippen molar-refractivity contribution in [1.29, 1.82) is 0 Å². The van der Waals surface area contributed by atoms with Crippen LogP contribution in [0.4, 0.5) is 5.69 Å². The van der Waals surface area contributed by atoms with Crippen molar-refractivity contribution in [2.75, 3.05) is 44.7 Å². The number of hydrogen-bond donors (Lipinski definition) is 1. The molecule has 0 unspecified atom stereocenters. The first kappa shape index (κ1) is 12.3. The van der Waals surface area contributed by atoms with E-state index in [1.807, 2.05) is 6.20 Å². The second-order valence-electron chi connectivity index (χ2n) is 5.32. The monoisotopic (exact) mass is 255 g/mol. The zero-order chi connectivity index (χ0) is 13.1. The second-order valence-corrected chi connectivity index (χ2v) is 5.32. The van der Waals surface area contributed by atoms with Gasteiger partial charge in [0, 0.05) is 38.4 Å². The van der Waals surface area contributed by atoms with Gasteiger partial charge in [-0.3, -0.25) is 0 Å². The van der Waals surface area contributed by atoms with Gasteiger partial charge in [0.15, 0.2) is 0 Å². The van der Waals surface area contributed by atoms with Crippen LogP contribution in [0.5, 0.6) is 0 Å². The van der Waals surface area contributed by atoms with Crippen LogP contribution in [-0.2, 0) is 0 Å². The molecule has 100 valence electrons. The summed E-state index contributed by atoms with van der Waals surface area (Å²) in [7, 11) is 2.19. The highest BCUT2D eigenvalue weighted by atomic mass is 15.2. The van der Waals surface area contributed by atoms with E-state index < -0.39 is 0 Å². The summed E-state index contributed by atoms with van der Waals surface area (Å²) in [5, 5.41) is 3.20. The molecule has 1 aromatic carbocycles. The Morgan fingerprint density at radius 2 is 1.79 bits per heavy atom. The Morgan fingerprint density at radius 3 is 2.42 bits per heavy atom. The van der Waals surface area contributed by atoms with Gasteiger partial charge in [-0.25, -0.2) is 0 Å². The van der Waals surface area contributed by atoms with Crippen LogP contribution < -0.4 is 10.2 Å². The third-order valence-corrected chi connectivity index (χ3v) is 3.84. The molecule has 1 N–H and O–H groups in total. The maximum atomic E-state index is 3.20. The third-order valence-electron chi connectivity index (χ3n) is 3.84. The highest BCUT2D eigenvalue weighted by molar-refractivity contribution is 5.60. The molecule has 0 radical (unpaired) electrons. The van der Waals surface area contributed by atoms with Gasteiger partial charge in [0.1, 0.15) is 0 Å². The molecule has 0 aliphatic carbocycles. The Morgan fingerprint density at radius 1 is 1.05 bits per heavy atom. The van der Waals surface area contributed by atoms with Crippen LogP contribution in [-0.4, -0.2) is 44.7 Å². The molecule has 0 saturated carbocycles. The molecule has 2 aliphatic heterocycles. The molecule has 0 atom stereocenters. The summed E-state index contributed by atoms with van der Waals surface area (Å²) in [5.41, 5.74) is 3.96. The molecule has 0 bridgehead atoms. The van der Waals surface area contributed by atoms with Crippen molar-refractivity contribution in [3.05, 3.63) is 47.7 Å². The normalized spacial score (nSPS) is 21.9. The Kier molecular flexibility index (Phi) is 3.56. The van der Waals surface area contributed by atoms with Crippen molar-refractivity contribution in [2.45, 2.75) is 0 Å². The van der Waals surface area contributed by atoms with E-state index >= 15 is 0 Å². The first-order valence-corrected chi connectivity index (χ1v) is 6.95. The molecule has 3 heteroatoms. The summed E-state index contributed by atoms with van der Waals surface area (Å²) in [6, 6.07) is 8.91. The first-order valence-electron chi connectivity index (χ1n) is 6.95. The van der Waals surface area contributed by atoms with Gasteiger partial charge in [0.2, 0.25) is 0 Å². The number of rotatable bonds is 2. The average Bonchev–Trinajstić information content (AvgIpc) is 2.94. The molecule has 2 aliphatic rings. The quantitative estimate of drug-likeness (QED) is 0.871. The van der Waals surface area contributed by atoms with Crippen molar-refractivity contribution in [1.82, 2.24) is 10.2 Å². The molecule has 19 heavy (non-hydrogen) atoms. The van der Waals surface area contributed by atoms with E-state index in [9.17, 15) is 0 Å². The Balaban J connectivity index is 1.68. The van der Waals surface area contributed by atoms with Gasteiger partial charge in [-0.05, 0) is 48.7 Å². The van der Waals surface area contributed by atoms with E-state index in [4.69, 9.17) is 0 Å². The number of benzene rings is 1. The Hall–Kier alpha value is -1.74. The van der Waals surface area contributed by atoms with Gasteiger partial charge in [0.25, 0.3) is 0 Å². The molecule has 0 amide bonds. The molecular formula is C16H21N3. The summed E-state index contributed by atoms with van der Waals surface area (Å²) < 4.78 is 0. The number of likely N-dealkylation sites (N-methyl/N-ethyl adjacent to an activating group) is 1. The lowest BCUT2D eigenvalue weighted by Crippen LogP contribution is -2.44. The van der Waals surface area contributed by atoms with Gasteiger partial charge in [-0.1, -0.05) is 12.1 Å². The van der Waals surface area contributed by atoms with E-state index in [-0.39, 0.29) is 0 Å². The molecule has 1 saturated heterocycles. The van der Waals surface area contributed by atoms with Crippen molar-refractivity contribution < 1.29 is 0 Å².